The van der Waals surface area contributed by atoms with Crippen LogP contribution in [-0.2, 0) is 0 Å². The first-order chi connectivity index (χ1) is 20.5. The first-order valence-corrected chi connectivity index (χ1v) is 13.1. The van der Waals surface area contributed by atoms with E-state index in [1.807, 2.05) is 85.8 Å². The second-order valence-electron chi connectivity index (χ2n) is 9.46. The van der Waals surface area contributed by atoms with Crippen LogP contribution in [0.2, 0.25) is 0 Å². The first-order valence-electron chi connectivity index (χ1n) is 13.1. The van der Waals surface area contributed by atoms with Crippen molar-refractivity contribution in [2.24, 2.45) is 10.8 Å². The number of anilines is 1. The van der Waals surface area contributed by atoms with Crippen LogP contribution in [0.5, 0.6) is 17.4 Å². The molecule has 10 nitrogen and oxygen atoms in total. The Bertz CT molecular complexity index is 1890. The number of nitrogens with two attached hydrogens (primary N) is 1. The van der Waals surface area contributed by atoms with Gasteiger partial charge in [0.05, 0.1) is 47.0 Å². The van der Waals surface area contributed by atoms with Gasteiger partial charge in [0.2, 0.25) is 11.8 Å². The fraction of sp³-hybridized carbons (Fsp3) is 0.0625. The molecule has 4 N–H and O–H groups in total. The molecular formula is C32H27N7O3. The molecule has 1 amide bonds. The van der Waals surface area contributed by atoms with Crippen molar-refractivity contribution in [1.29, 1.82) is 0 Å². The third-order valence-corrected chi connectivity index (χ3v) is 6.65. The zero-order valence-electron chi connectivity index (χ0n) is 22.9. The number of aromatic nitrogens is 4. The number of rotatable bonds is 9. The molecule has 0 radical (unpaired) electrons. The van der Waals surface area contributed by atoms with Crippen molar-refractivity contribution in [2.75, 3.05) is 12.5 Å². The normalized spacial score (nSPS) is 11.2. The van der Waals surface area contributed by atoms with Crippen molar-refractivity contribution in [3.05, 3.63) is 114 Å². The number of aromatic amines is 1. The summed E-state index contributed by atoms with van der Waals surface area (Å²) in [6, 6.07) is 30.0. The van der Waals surface area contributed by atoms with Crippen molar-refractivity contribution in [2.45, 2.75) is 6.92 Å². The van der Waals surface area contributed by atoms with Crippen LogP contribution >= 0.6 is 0 Å². The highest BCUT2D eigenvalue weighted by Crippen LogP contribution is 2.31. The zero-order valence-corrected chi connectivity index (χ0v) is 22.9. The number of aryl methyl sites for hydroxylation is 1. The second-order valence-corrected chi connectivity index (χ2v) is 9.46. The number of ether oxygens (including phenoxy) is 2. The van der Waals surface area contributed by atoms with Crippen LogP contribution < -0.4 is 20.6 Å². The summed E-state index contributed by atoms with van der Waals surface area (Å²) in [6.07, 6.45) is 1.70. The summed E-state index contributed by atoms with van der Waals surface area (Å²) >= 11 is 0. The Morgan fingerprint density at radius 1 is 0.976 bits per heavy atom. The maximum Gasteiger partial charge on any atom is 0.248 e. The molecule has 10 heteroatoms. The van der Waals surface area contributed by atoms with Crippen LogP contribution in [0, 0.1) is 6.92 Å². The minimum atomic E-state index is -0.492. The number of para-hydroxylation sites is 1. The van der Waals surface area contributed by atoms with E-state index in [1.165, 1.54) is 0 Å². The number of carbonyl (C=O) groups is 1. The van der Waals surface area contributed by atoms with E-state index in [1.54, 1.807) is 36.2 Å². The highest BCUT2D eigenvalue weighted by atomic mass is 16.5. The maximum atomic E-state index is 11.5. The van der Waals surface area contributed by atoms with Crippen molar-refractivity contribution in [1.82, 2.24) is 19.7 Å². The lowest BCUT2D eigenvalue weighted by molar-refractivity contribution is 0.100. The van der Waals surface area contributed by atoms with E-state index >= 15 is 0 Å². The van der Waals surface area contributed by atoms with Crippen LogP contribution in [0.4, 0.5) is 5.69 Å². The minimum absolute atomic E-state index is 0.410. The summed E-state index contributed by atoms with van der Waals surface area (Å²) in [4.78, 5) is 19.5. The second kappa shape index (κ2) is 11.3. The van der Waals surface area contributed by atoms with Gasteiger partial charge < -0.3 is 20.2 Å². The molecule has 2 heterocycles. The van der Waals surface area contributed by atoms with E-state index in [0.717, 1.165) is 39.5 Å². The molecule has 0 unspecified atom stereocenters. The van der Waals surface area contributed by atoms with Crippen LogP contribution in [0.15, 0.2) is 102 Å². The van der Waals surface area contributed by atoms with Crippen molar-refractivity contribution in [3.8, 4) is 34.5 Å². The van der Waals surface area contributed by atoms with E-state index < -0.39 is 5.91 Å². The number of imidazole rings is 1. The molecule has 2 aromatic heterocycles. The Morgan fingerprint density at radius 2 is 1.71 bits per heavy atom. The summed E-state index contributed by atoms with van der Waals surface area (Å²) in [5.74, 6) is 2.08. The van der Waals surface area contributed by atoms with E-state index in [0.29, 0.717) is 28.5 Å². The standard InChI is InChI=1S/C32H27N7O3/c1-20-27(19-34-37-23-11-15-25(41-2)16-12-23)32(39(38-20)24-6-4-3-5-7-24)42-26-13-8-21(9-14-26)31-35-28-17-10-22(30(33)40)18-29(28)36-31/h3-19,37H,1-2H3,(H2,33,40)(H,35,36)/b34-19+. The predicted octanol–water partition coefficient (Wildman–Crippen LogP) is 6.07. The number of fused-ring (bicyclic) bond motifs is 1. The van der Waals surface area contributed by atoms with E-state index in [2.05, 4.69) is 20.5 Å². The Hall–Kier alpha value is -5.90. The lowest BCUT2D eigenvalue weighted by Gasteiger charge is -2.10. The average Bonchev–Trinajstić information content (AvgIpc) is 3.59. The van der Waals surface area contributed by atoms with Gasteiger partial charge in [-0.3, -0.25) is 10.2 Å². The van der Waals surface area contributed by atoms with E-state index in [9.17, 15) is 4.79 Å². The van der Waals surface area contributed by atoms with Gasteiger partial charge in [0.25, 0.3) is 0 Å². The van der Waals surface area contributed by atoms with Crippen LogP contribution in [0.25, 0.3) is 28.1 Å². The predicted molar refractivity (Wildman–Crippen MR) is 163 cm³/mol. The van der Waals surface area contributed by atoms with Gasteiger partial charge in [-0.1, -0.05) is 18.2 Å². The molecule has 6 aromatic rings. The maximum absolute atomic E-state index is 11.5. The van der Waals surface area contributed by atoms with Crippen LogP contribution in [0.3, 0.4) is 0 Å². The van der Waals surface area contributed by atoms with Crippen molar-refractivity contribution in [3.63, 3.8) is 0 Å². The Labute approximate surface area is 241 Å². The van der Waals surface area contributed by atoms with Gasteiger partial charge >= 0.3 is 0 Å². The number of hydrazone groups is 1. The Morgan fingerprint density at radius 3 is 2.43 bits per heavy atom. The quantitative estimate of drug-likeness (QED) is 0.146. The highest BCUT2D eigenvalue weighted by molar-refractivity contribution is 5.96. The summed E-state index contributed by atoms with van der Waals surface area (Å²) < 4.78 is 13.4. The third kappa shape index (κ3) is 5.41. The molecule has 0 atom stereocenters. The number of benzene rings is 4. The molecule has 0 bridgehead atoms. The molecule has 4 aromatic carbocycles. The van der Waals surface area contributed by atoms with Crippen molar-refractivity contribution < 1.29 is 14.3 Å². The molecular weight excluding hydrogens is 530 g/mol. The first kappa shape index (κ1) is 26.3. The number of hydrogen-bond donors (Lipinski definition) is 3. The molecule has 0 saturated carbocycles. The SMILES string of the molecule is COc1ccc(N/N=C/c2c(C)nn(-c3ccccc3)c2Oc2ccc(-c3nc4cc(C(N)=O)ccc4[nH]3)cc2)cc1. The van der Waals surface area contributed by atoms with E-state index in [-0.39, 0.29) is 0 Å². The van der Waals surface area contributed by atoms with Crippen LogP contribution in [0.1, 0.15) is 21.6 Å². The number of amides is 1. The number of hydrogen-bond acceptors (Lipinski definition) is 7. The highest BCUT2D eigenvalue weighted by Gasteiger charge is 2.18. The van der Waals surface area contributed by atoms with Gasteiger partial charge in [0.1, 0.15) is 17.3 Å². The molecule has 42 heavy (non-hydrogen) atoms. The topological polar surface area (TPSA) is 132 Å². The van der Waals surface area contributed by atoms with Gasteiger partial charge in [0.15, 0.2) is 0 Å². The molecule has 0 spiro atoms. The lowest BCUT2D eigenvalue weighted by Crippen LogP contribution is -2.10. The number of H-pyrrole nitrogens is 1. The number of carbonyl (C=O) groups excluding carboxylic acids is 1. The number of methoxy groups -OCH3 is 1. The monoisotopic (exact) mass is 557 g/mol. The van der Waals surface area contributed by atoms with E-state index in [4.69, 9.17) is 20.3 Å². The summed E-state index contributed by atoms with van der Waals surface area (Å²) in [7, 11) is 1.63. The Balaban J connectivity index is 1.29. The smallest absolute Gasteiger partial charge is 0.248 e. The molecule has 0 aliphatic rings. The zero-order chi connectivity index (χ0) is 29.1. The van der Waals surface area contributed by atoms with Gasteiger partial charge in [-0.15, -0.1) is 0 Å². The lowest BCUT2D eigenvalue weighted by atomic mass is 10.2. The average molecular weight is 558 g/mol. The van der Waals surface area contributed by atoms with Crippen LogP contribution in [-0.4, -0.2) is 39.0 Å². The minimum Gasteiger partial charge on any atom is -0.497 e. The number of nitrogens with one attached hydrogen (secondary N) is 2. The molecule has 0 saturated heterocycles. The summed E-state index contributed by atoms with van der Waals surface area (Å²) in [6.45, 7) is 1.91. The fourth-order valence-corrected chi connectivity index (χ4v) is 4.43. The largest absolute Gasteiger partial charge is 0.497 e. The van der Waals surface area contributed by atoms with Gasteiger partial charge in [-0.25, -0.2) is 4.98 Å². The number of nitrogens with zero attached hydrogens (tertiary/aromatic N) is 4. The van der Waals surface area contributed by atoms with Crippen molar-refractivity contribution >= 4 is 28.8 Å². The molecule has 0 aliphatic carbocycles. The third-order valence-electron chi connectivity index (χ3n) is 6.65. The Kier molecular flexibility index (Phi) is 7.08. The summed E-state index contributed by atoms with van der Waals surface area (Å²) in [5, 5.41) is 9.18. The van der Waals surface area contributed by atoms with Gasteiger partial charge in [-0.2, -0.15) is 14.9 Å². The molecule has 0 fully saturated rings. The molecule has 6 rings (SSSR count). The molecule has 0 aliphatic heterocycles. The summed E-state index contributed by atoms with van der Waals surface area (Å²) in [5.41, 5.74) is 14.3. The van der Waals surface area contributed by atoms with Gasteiger partial charge in [-0.05, 0) is 85.8 Å². The number of primary amides is 1. The fourth-order valence-electron chi connectivity index (χ4n) is 4.43. The van der Waals surface area contributed by atoms with Gasteiger partial charge in [0, 0.05) is 11.1 Å². The molecule has 208 valence electrons.